The van der Waals surface area contributed by atoms with Crippen LogP contribution in [-0.2, 0) is 11.2 Å². The molecule has 114 valence electrons. The van der Waals surface area contributed by atoms with Gasteiger partial charge in [-0.25, -0.2) is 0 Å². The van der Waals surface area contributed by atoms with Gasteiger partial charge in [-0.2, -0.15) is 13.2 Å². The monoisotopic (exact) mass is 355 g/mol. The Bertz CT molecular complexity index is 427. The van der Waals surface area contributed by atoms with Crippen LogP contribution in [0.5, 0.6) is 5.75 Å². The van der Waals surface area contributed by atoms with Crippen molar-refractivity contribution >= 4 is 15.9 Å². The number of halogens is 4. The molecular formula is C13H17BrF3NO2. The maximum absolute atomic E-state index is 11.9. The lowest BCUT2D eigenvalue weighted by Gasteiger charge is -2.15. The zero-order chi connectivity index (χ0) is 15.2. The van der Waals surface area contributed by atoms with Crippen LogP contribution in [0.1, 0.15) is 12.0 Å². The topological polar surface area (TPSA) is 44.5 Å². The number of methoxy groups -OCH3 is 1. The number of hydrogen-bond acceptors (Lipinski definition) is 3. The van der Waals surface area contributed by atoms with Crippen LogP contribution in [0.15, 0.2) is 22.7 Å². The van der Waals surface area contributed by atoms with Crippen LogP contribution in [0, 0.1) is 0 Å². The van der Waals surface area contributed by atoms with Crippen molar-refractivity contribution in [3.8, 4) is 5.75 Å². The van der Waals surface area contributed by atoms with E-state index in [0.717, 1.165) is 10.0 Å². The van der Waals surface area contributed by atoms with Crippen molar-refractivity contribution in [2.45, 2.75) is 25.1 Å². The van der Waals surface area contributed by atoms with E-state index < -0.39 is 12.8 Å². The van der Waals surface area contributed by atoms with Crippen molar-refractivity contribution in [2.24, 2.45) is 5.73 Å². The molecule has 0 saturated heterocycles. The molecule has 0 aliphatic carbocycles. The summed E-state index contributed by atoms with van der Waals surface area (Å²) < 4.78 is 46.3. The Morgan fingerprint density at radius 3 is 2.65 bits per heavy atom. The normalized spacial score (nSPS) is 13.3. The minimum absolute atomic E-state index is 0.0169. The summed E-state index contributed by atoms with van der Waals surface area (Å²) in [7, 11) is 1.56. The first-order valence-corrected chi connectivity index (χ1v) is 6.83. The number of hydrogen-bond donors (Lipinski definition) is 1. The van der Waals surface area contributed by atoms with Crippen LogP contribution in [0.25, 0.3) is 0 Å². The fourth-order valence-electron chi connectivity index (χ4n) is 1.71. The van der Waals surface area contributed by atoms with E-state index >= 15 is 0 Å². The van der Waals surface area contributed by atoms with Crippen molar-refractivity contribution in [2.75, 3.05) is 20.3 Å². The number of rotatable bonds is 7. The summed E-state index contributed by atoms with van der Waals surface area (Å²) >= 11 is 3.36. The lowest BCUT2D eigenvalue weighted by molar-refractivity contribution is -0.174. The molecule has 0 amide bonds. The molecule has 1 atom stereocenters. The molecule has 3 nitrogen and oxygen atoms in total. The van der Waals surface area contributed by atoms with E-state index in [4.69, 9.17) is 10.5 Å². The van der Waals surface area contributed by atoms with Crippen LogP contribution in [-0.4, -0.2) is 32.5 Å². The highest BCUT2D eigenvalue weighted by Crippen LogP contribution is 2.24. The highest BCUT2D eigenvalue weighted by atomic mass is 79.9. The number of benzene rings is 1. The third kappa shape index (κ3) is 6.58. The molecule has 2 N–H and O–H groups in total. The van der Waals surface area contributed by atoms with Crippen molar-refractivity contribution in [1.82, 2.24) is 0 Å². The molecule has 0 spiro atoms. The molecule has 0 saturated carbocycles. The molecule has 0 aliphatic rings. The van der Waals surface area contributed by atoms with E-state index in [-0.39, 0.29) is 12.6 Å². The largest absolute Gasteiger partial charge is 0.496 e. The average molecular weight is 356 g/mol. The summed E-state index contributed by atoms with van der Waals surface area (Å²) in [6.07, 6.45) is -3.43. The van der Waals surface area contributed by atoms with E-state index in [0.29, 0.717) is 18.6 Å². The van der Waals surface area contributed by atoms with Crippen LogP contribution < -0.4 is 10.5 Å². The molecule has 1 aromatic rings. The fraction of sp³-hybridized carbons (Fsp3) is 0.538. The van der Waals surface area contributed by atoms with Crippen LogP contribution in [0.4, 0.5) is 13.2 Å². The maximum Gasteiger partial charge on any atom is 0.411 e. The second kappa shape index (κ2) is 7.85. The summed E-state index contributed by atoms with van der Waals surface area (Å²) in [4.78, 5) is 0. The van der Waals surface area contributed by atoms with E-state index in [9.17, 15) is 13.2 Å². The van der Waals surface area contributed by atoms with Crippen molar-refractivity contribution < 1.29 is 22.6 Å². The molecule has 0 heterocycles. The first-order chi connectivity index (χ1) is 9.31. The predicted molar refractivity (Wildman–Crippen MR) is 73.9 cm³/mol. The van der Waals surface area contributed by atoms with E-state index in [1.54, 1.807) is 7.11 Å². The Morgan fingerprint density at radius 1 is 1.35 bits per heavy atom. The van der Waals surface area contributed by atoms with Gasteiger partial charge in [0.05, 0.1) is 7.11 Å². The zero-order valence-electron chi connectivity index (χ0n) is 11.0. The van der Waals surface area contributed by atoms with Gasteiger partial charge in [-0.05, 0) is 36.6 Å². The average Bonchev–Trinajstić information content (AvgIpc) is 2.34. The standard InChI is InChI=1S/C13H17BrF3NO2/c1-19-12-3-2-10(14)6-9(12)7-11(18)4-5-20-8-13(15,16)17/h2-3,6,11H,4-5,7-8,18H2,1H3. The Hall–Kier alpha value is -0.790. The molecule has 1 unspecified atom stereocenters. The van der Waals surface area contributed by atoms with E-state index in [1.165, 1.54) is 0 Å². The molecular weight excluding hydrogens is 339 g/mol. The fourth-order valence-corrected chi connectivity index (χ4v) is 2.12. The van der Waals surface area contributed by atoms with Gasteiger partial charge in [0.15, 0.2) is 0 Å². The van der Waals surface area contributed by atoms with Crippen LogP contribution in [0.2, 0.25) is 0 Å². The molecule has 7 heteroatoms. The SMILES string of the molecule is COc1ccc(Br)cc1CC(N)CCOCC(F)(F)F. The molecule has 1 rings (SSSR count). The Morgan fingerprint density at radius 2 is 2.05 bits per heavy atom. The molecule has 0 aromatic heterocycles. The van der Waals surface area contributed by atoms with Gasteiger partial charge in [0, 0.05) is 17.1 Å². The number of alkyl halides is 3. The summed E-state index contributed by atoms with van der Waals surface area (Å²) in [5, 5.41) is 0. The zero-order valence-corrected chi connectivity index (χ0v) is 12.6. The lowest BCUT2D eigenvalue weighted by Crippen LogP contribution is -2.26. The predicted octanol–water partition coefficient (Wildman–Crippen LogP) is 3.30. The van der Waals surface area contributed by atoms with Gasteiger partial charge in [-0.15, -0.1) is 0 Å². The van der Waals surface area contributed by atoms with Crippen molar-refractivity contribution in [3.63, 3.8) is 0 Å². The third-order valence-corrected chi connectivity index (χ3v) is 3.12. The van der Waals surface area contributed by atoms with E-state index in [1.807, 2.05) is 18.2 Å². The molecule has 0 bridgehead atoms. The third-order valence-electron chi connectivity index (χ3n) is 2.62. The molecule has 0 fully saturated rings. The maximum atomic E-state index is 11.9. The van der Waals surface area contributed by atoms with Gasteiger partial charge in [-0.1, -0.05) is 15.9 Å². The molecule has 20 heavy (non-hydrogen) atoms. The Balaban J connectivity index is 2.42. The van der Waals surface area contributed by atoms with Gasteiger partial charge in [0.25, 0.3) is 0 Å². The highest BCUT2D eigenvalue weighted by Gasteiger charge is 2.27. The quantitative estimate of drug-likeness (QED) is 0.763. The minimum atomic E-state index is -4.29. The highest BCUT2D eigenvalue weighted by molar-refractivity contribution is 9.10. The molecule has 1 aromatic carbocycles. The van der Waals surface area contributed by atoms with Gasteiger partial charge in [0.2, 0.25) is 0 Å². The number of ether oxygens (including phenoxy) is 2. The summed E-state index contributed by atoms with van der Waals surface area (Å²) in [5.41, 5.74) is 6.80. The molecule has 0 aliphatic heterocycles. The lowest BCUT2D eigenvalue weighted by atomic mass is 10.0. The van der Waals surface area contributed by atoms with Gasteiger partial charge in [-0.3, -0.25) is 0 Å². The summed E-state index contributed by atoms with van der Waals surface area (Å²) in [5.74, 6) is 0.708. The number of nitrogens with two attached hydrogens (primary N) is 1. The van der Waals surface area contributed by atoms with Crippen molar-refractivity contribution in [1.29, 1.82) is 0 Å². The summed E-state index contributed by atoms with van der Waals surface area (Å²) in [6, 6.07) is 5.26. The smallest absolute Gasteiger partial charge is 0.411 e. The minimum Gasteiger partial charge on any atom is -0.496 e. The van der Waals surface area contributed by atoms with Gasteiger partial charge < -0.3 is 15.2 Å². The van der Waals surface area contributed by atoms with Gasteiger partial charge in [0.1, 0.15) is 12.4 Å². The first-order valence-electron chi connectivity index (χ1n) is 6.04. The first kappa shape index (κ1) is 17.3. The summed E-state index contributed by atoms with van der Waals surface area (Å²) in [6.45, 7) is -1.25. The van der Waals surface area contributed by atoms with E-state index in [2.05, 4.69) is 20.7 Å². The molecule has 0 radical (unpaired) electrons. The van der Waals surface area contributed by atoms with Crippen LogP contribution >= 0.6 is 15.9 Å². The Labute approximate surface area is 124 Å². The second-order valence-corrected chi connectivity index (χ2v) is 5.29. The van der Waals surface area contributed by atoms with Crippen molar-refractivity contribution in [3.05, 3.63) is 28.2 Å². The van der Waals surface area contributed by atoms with Gasteiger partial charge >= 0.3 is 6.18 Å². The Kier molecular flexibility index (Phi) is 6.78. The second-order valence-electron chi connectivity index (χ2n) is 4.38. The van der Waals surface area contributed by atoms with Crippen LogP contribution in [0.3, 0.4) is 0 Å².